The van der Waals surface area contributed by atoms with Crippen LogP contribution in [0.3, 0.4) is 0 Å². The number of hydrogen-bond donors (Lipinski definition) is 2. The van der Waals surface area contributed by atoms with E-state index in [-0.39, 0.29) is 36.3 Å². The molecule has 10 nitrogen and oxygen atoms in total. The lowest BCUT2D eigenvalue weighted by molar-refractivity contribution is -0.168. The highest BCUT2D eigenvalue weighted by Gasteiger charge is 2.35. The zero-order chi connectivity index (χ0) is 23.4. The molecule has 4 rings (SSSR count). The van der Waals surface area contributed by atoms with Gasteiger partial charge < -0.3 is 30.1 Å². The third-order valence-corrected chi connectivity index (χ3v) is 5.40. The van der Waals surface area contributed by atoms with Gasteiger partial charge in [0.2, 0.25) is 0 Å². The van der Waals surface area contributed by atoms with Gasteiger partial charge in [-0.1, -0.05) is 11.2 Å². The van der Waals surface area contributed by atoms with Crippen LogP contribution in [-0.4, -0.2) is 66.8 Å². The fourth-order valence-corrected chi connectivity index (χ4v) is 3.57. The number of aromatic nitrogens is 2. The number of oxime groups is 1. The number of aryl methyl sites for hydroxylation is 1. The molecular weight excluding hydrogens is 433 g/mol. The van der Waals surface area contributed by atoms with Crippen molar-refractivity contribution in [2.24, 2.45) is 10.9 Å². The van der Waals surface area contributed by atoms with Crippen LogP contribution in [0.15, 0.2) is 29.4 Å². The van der Waals surface area contributed by atoms with Crippen molar-refractivity contribution in [3.63, 3.8) is 0 Å². The number of carbonyl (C=O) groups excluding carboxylic acids is 1. The Morgan fingerprint density at radius 2 is 2.09 bits per heavy atom. The molecule has 0 aliphatic carbocycles. The largest absolute Gasteiger partial charge is 0.494 e. The van der Waals surface area contributed by atoms with Crippen LogP contribution in [0.2, 0.25) is 0 Å². The van der Waals surface area contributed by atoms with E-state index in [9.17, 15) is 9.18 Å². The lowest BCUT2D eigenvalue weighted by atomic mass is 10.0. The molecule has 3 heterocycles. The Morgan fingerprint density at radius 3 is 2.82 bits per heavy atom. The number of methoxy groups -OCH3 is 1. The van der Waals surface area contributed by atoms with E-state index in [0.29, 0.717) is 49.0 Å². The van der Waals surface area contributed by atoms with E-state index in [4.69, 9.17) is 24.8 Å². The number of rotatable bonds is 7. The summed E-state index contributed by atoms with van der Waals surface area (Å²) in [5, 5.41) is 6.93. The van der Waals surface area contributed by atoms with Gasteiger partial charge in [-0.2, -0.15) is 0 Å². The molecule has 11 heteroatoms. The Hall–Kier alpha value is -3.15. The lowest BCUT2D eigenvalue weighted by Crippen LogP contribution is -2.45. The number of nitrogens with zero attached hydrogens (tertiary/aromatic N) is 3. The number of nitrogens with one attached hydrogen (secondary N) is 1. The molecule has 1 aromatic heterocycles. The fraction of sp³-hybridized carbons (Fsp3) is 0.455. The number of halogens is 1. The first-order valence-corrected chi connectivity index (χ1v) is 10.6. The summed E-state index contributed by atoms with van der Waals surface area (Å²) in [6, 6.07) is 5.97. The second-order valence-electron chi connectivity index (χ2n) is 7.79. The first-order chi connectivity index (χ1) is 16.0. The Kier molecular flexibility index (Phi) is 7.11. The van der Waals surface area contributed by atoms with E-state index in [1.165, 1.54) is 19.2 Å². The molecule has 1 unspecified atom stereocenters. The van der Waals surface area contributed by atoms with Crippen molar-refractivity contribution in [1.29, 1.82) is 0 Å². The van der Waals surface area contributed by atoms with Gasteiger partial charge >= 0.3 is 0 Å². The molecule has 0 bridgehead atoms. The van der Waals surface area contributed by atoms with E-state index in [1.54, 1.807) is 19.1 Å². The fourth-order valence-electron chi connectivity index (χ4n) is 3.57. The molecule has 0 saturated carbocycles. The Bertz CT molecular complexity index is 1040. The monoisotopic (exact) mass is 459 g/mol. The van der Waals surface area contributed by atoms with Crippen molar-refractivity contribution in [3.05, 3.63) is 52.9 Å². The van der Waals surface area contributed by atoms with Crippen LogP contribution < -0.4 is 15.8 Å². The number of nitrogens with two attached hydrogens (primary N) is 1. The van der Waals surface area contributed by atoms with Gasteiger partial charge in [-0.05, 0) is 30.7 Å². The molecule has 176 valence electrons. The van der Waals surface area contributed by atoms with Crippen LogP contribution in [0.4, 0.5) is 4.39 Å². The van der Waals surface area contributed by atoms with Crippen LogP contribution in [-0.2, 0) is 20.9 Å². The summed E-state index contributed by atoms with van der Waals surface area (Å²) in [6.45, 7) is 3.07. The highest BCUT2D eigenvalue weighted by atomic mass is 19.1. The molecular formula is C22H26FN5O5. The number of carbonyl (C=O) groups is 1. The molecule has 1 fully saturated rings. The van der Waals surface area contributed by atoms with Crippen molar-refractivity contribution >= 4 is 11.6 Å². The minimum absolute atomic E-state index is 0.107. The Labute approximate surface area is 190 Å². The third-order valence-electron chi connectivity index (χ3n) is 5.40. The Morgan fingerprint density at radius 1 is 1.24 bits per heavy atom. The van der Waals surface area contributed by atoms with Crippen LogP contribution in [0.25, 0.3) is 0 Å². The van der Waals surface area contributed by atoms with Crippen LogP contribution in [0.5, 0.6) is 5.75 Å². The summed E-state index contributed by atoms with van der Waals surface area (Å²) in [4.78, 5) is 26.9. The van der Waals surface area contributed by atoms with Gasteiger partial charge in [0.25, 0.3) is 5.91 Å². The van der Waals surface area contributed by atoms with Gasteiger partial charge in [0, 0.05) is 19.5 Å². The topological polar surface area (TPSA) is 130 Å². The summed E-state index contributed by atoms with van der Waals surface area (Å²) in [5.74, 6) is -0.319. The highest BCUT2D eigenvalue weighted by molar-refractivity contribution is 6.02. The molecule has 2 aliphatic rings. The smallest absolute Gasteiger partial charge is 0.270 e. The maximum absolute atomic E-state index is 13.6. The number of hydrogen-bond acceptors (Lipinski definition) is 9. The average Bonchev–Trinajstić information content (AvgIpc) is 3.33. The zero-order valence-electron chi connectivity index (χ0n) is 18.4. The van der Waals surface area contributed by atoms with E-state index in [1.807, 2.05) is 0 Å². The summed E-state index contributed by atoms with van der Waals surface area (Å²) < 4.78 is 30.0. The summed E-state index contributed by atoms with van der Waals surface area (Å²) in [5.41, 5.74) is 7.60. The molecule has 33 heavy (non-hydrogen) atoms. The minimum Gasteiger partial charge on any atom is -0.494 e. The minimum atomic E-state index is -0.467. The van der Waals surface area contributed by atoms with Gasteiger partial charge in [0.05, 0.1) is 32.1 Å². The SMILES string of the molecule is COc1cc(CNC(=O)c2cc(C3=NOC([C@H]4CO[C@H](CN)CO4)C3)nc(C)n2)ccc1F. The van der Waals surface area contributed by atoms with Crippen molar-refractivity contribution < 1.29 is 28.2 Å². The van der Waals surface area contributed by atoms with Gasteiger partial charge in [-0.3, -0.25) is 4.79 Å². The molecule has 3 N–H and O–H groups in total. The van der Waals surface area contributed by atoms with Gasteiger partial charge in [0.1, 0.15) is 23.3 Å². The zero-order valence-corrected chi connectivity index (χ0v) is 18.4. The third kappa shape index (κ3) is 5.44. The number of ether oxygens (including phenoxy) is 3. The maximum Gasteiger partial charge on any atom is 0.270 e. The van der Waals surface area contributed by atoms with E-state index in [0.717, 1.165) is 0 Å². The lowest BCUT2D eigenvalue weighted by Gasteiger charge is -2.30. The van der Waals surface area contributed by atoms with E-state index < -0.39 is 11.7 Å². The molecule has 3 atom stereocenters. The second-order valence-corrected chi connectivity index (χ2v) is 7.79. The molecule has 2 aliphatic heterocycles. The molecule has 2 aromatic rings. The van der Waals surface area contributed by atoms with E-state index in [2.05, 4.69) is 20.4 Å². The highest BCUT2D eigenvalue weighted by Crippen LogP contribution is 2.23. The normalized spacial score (nSPS) is 22.4. The quantitative estimate of drug-likeness (QED) is 0.630. The van der Waals surface area contributed by atoms with Crippen LogP contribution in [0.1, 0.15) is 34.0 Å². The molecule has 1 saturated heterocycles. The van der Waals surface area contributed by atoms with Crippen LogP contribution >= 0.6 is 0 Å². The summed E-state index contributed by atoms with van der Waals surface area (Å²) in [6.07, 6.45) is -0.203. The van der Waals surface area contributed by atoms with Crippen molar-refractivity contribution in [1.82, 2.24) is 15.3 Å². The van der Waals surface area contributed by atoms with E-state index >= 15 is 0 Å². The molecule has 0 spiro atoms. The van der Waals surface area contributed by atoms with Crippen molar-refractivity contribution in [2.75, 3.05) is 26.9 Å². The summed E-state index contributed by atoms with van der Waals surface area (Å²) in [7, 11) is 1.39. The average molecular weight is 459 g/mol. The predicted octanol–water partition coefficient (Wildman–Crippen LogP) is 1.10. The first kappa shape index (κ1) is 23.0. The Balaban J connectivity index is 1.39. The standard InChI is InChI=1S/C22H26FN5O5/c1-12-26-16(17-7-20(33-28-17)21-11-31-14(8-24)10-32-21)6-18(27-12)22(29)25-9-13-3-4-15(23)19(5-13)30-2/h3-6,14,20-21H,7-11,24H2,1-2H3,(H,25,29)/t14-,20?,21-/m1/s1. The van der Waals surface area contributed by atoms with Crippen molar-refractivity contribution in [3.8, 4) is 5.75 Å². The van der Waals surface area contributed by atoms with Crippen LogP contribution in [0, 0.1) is 12.7 Å². The van der Waals surface area contributed by atoms with Crippen molar-refractivity contribution in [2.45, 2.75) is 38.2 Å². The van der Waals surface area contributed by atoms with Gasteiger partial charge in [0.15, 0.2) is 17.7 Å². The molecule has 1 amide bonds. The maximum atomic E-state index is 13.6. The molecule has 0 radical (unpaired) electrons. The summed E-state index contributed by atoms with van der Waals surface area (Å²) >= 11 is 0. The van der Waals surface area contributed by atoms with Gasteiger partial charge in [-0.25, -0.2) is 14.4 Å². The molecule has 1 aromatic carbocycles. The predicted molar refractivity (Wildman–Crippen MR) is 115 cm³/mol. The number of amides is 1. The number of benzene rings is 1. The van der Waals surface area contributed by atoms with Gasteiger partial charge in [-0.15, -0.1) is 0 Å². The second kappa shape index (κ2) is 10.2. The first-order valence-electron chi connectivity index (χ1n) is 10.6.